The van der Waals surface area contributed by atoms with Gasteiger partial charge in [0.1, 0.15) is 0 Å². The van der Waals surface area contributed by atoms with Crippen molar-refractivity contribution in [2.24, 2.45) is 7.05 Å². The molecule has 1 saturated carbocycles. The Morgan fingerprint density at radius 2 is 1.77 bits per heavy atom. The van der Waals surface area contributed by atoms with Gasteiger partial charge >= 0.3 is 0 Å². The highest BCUT2D eigenvalue weighted by Crippen LogP contribution is 2.37. The molecule has 1 fully saturated rings. The fourth-order valence-electron chi connectivity index (χ4n) is 4.75. The molecule has 0 saturated heterocycles. The molecule has 2 aromatic heterocycles. The van der Waals surface area contributed by atoms with Crippen LogP contribution in [-0.4, -0.2) is 19.2 Å². The topological polar surface area (TPSA) is 64.2 Å². The van der Waals surface area contributed by atoms with Gasteiger partial charge in [0.05, 0.1) is 17.4 Å². The first kappa shape index (κ1) is 19.3. The van der Waals surface area contributed by atoms with Gasteiger partial charge in [-0.3, -0.25) is 13.8 Å². The first-order valence-corrected chi connectivity index (χ1v) is 10.8. The summed E-state index contributed by atoms with van der Waals surface area (Å²) >= 11 is 6.13. The summed E-state index contributed by atoms with van der Waals surface area (Å²) in [6, 6.07) is 15.8. The maximum absolute atomic E-state index is 12.7. The molecule has 6 nitrogen and oxygen atoms in total. The van der Waals surface area contributed by atoms with E-state index in [1.165, 1.54) is 24.8 Å². The van der Waals surface area contributed by atoms with Gasteiger partial charge in [0.15, 0.2) is 5.82 Å². The highest BCUT2D eigenvalue weighted by Gasteiger charge is 2.33. The number of para-hydroxylation sites is 1. The zero-order chi connectivity index (χ0) is 20.7. The Morgan fingerprint density at radius 1 is 1.03 bits per heavy atom. The van der Waals surface area contributed by atoms with Crippen molar-refractivity contribution < 1.29 is 0 Å². The number of aryl methyl sites for hydroxylation is 1. The van der Waals surface area contributed by atoms with Crippen LogP contribution in [0.3, 0.4) is 0 Å². The van der Waals surface area contributed by atoms with E-state index in [1.807, 2.05) is 40.8 Å². The van der Waals surface area contributed by atoms with E-state index in [0.717, 1.165) is 29.2 Å². The normalized spacial score (nSPS) is 16.3. The molecule has 2 aromatic carbocycles. The Kier molecular flexibility index (Phi) is 4.83. The van der Waals surface area contributed by atoms with Gasteiger partial charge in [0, 0.05) is 17.6 Å². The fraction of sp³-hybridized carbons (Fsp3) is 0.348. The third-order valence-electron chi connectivity index (χ3n) is 6.38. The second-order valence-electron chi connectivity index (χ2n) is 8.14. The van der Waals surface area contributed by atoms with Crippen LogP contribution in [0.5, 0.6) is 0 Å². The largest absolute Gasteiger partial charge is 0.300 e. The smallest absolute Gasteiger partial charge is 0.262 e. The molecule has 154 valence electrons. The number of nitrogens with one attached hydrogen (secondary N) is 1. The highest BCUT2D eigenvalue weighted by molar-refractivity contribution is 6.30. The number of halogens is 1. The van der Waals surface area contributed by atoms with Crippen LogP contribution in [0.2, 0.25) is 5.02 Å². The number of benzene rings is 2. The van der Waals surface area contributed by atoms with E-state index in [9.17, 15) is 4.79 Å². The average Bonchev–Trinajstić information content (AvgIpc) is 3.21. The summed E-state index contributed by atoms with van der Waals surface area (Å²) in [7, 11) is 1.74. The van der Waals surface area contributed by atoms with Crippen LogP contribution < -0.4 is 10.9 Å². The Balaban J connectivity index is 1.57. The number of nitrogens with zero attached hydrogens (tertiary/aromatic N) is 4. The van der Waals surface area contributed by atoms with Gasteiger partial charge in [-0.05, 0) is 42.7 Å². The van der Waals surface area contributed by atoms with Gasteiger partial charge in [-0.1, -0.05) is 55.1 Å². The van der Waals surface area contributed by atoms with Crippen molar-refractivity contribution in [3.05, 3.63) is 75.3 Å². The molecule has 0 radical (unpaired) electrons. The standard InChI is InChI=1S/C23H24ClN5O/c1-28-21(30)18-7-3-4-8-19(18)29-20(26-27-22(28)29)15-25-23(13-5-2-6-14-23)16-9-11-17(24)12-10-16/h3-4,7-12,25H,2,5-6,13-15H2,1H3. The molecule has 1 aliphatic carbocycles. The maximum atomic E-state index is 12.7. The summed E-state index contributed by atoms with van der Waals surface area (Å²) in [4.78, 5) is 12.7. The third-order valence-corrected chi connectivity index (χ3v) is 6.63. The lowest BCUT2D eigenvalue weighted by atomic mass is 9.76. The second-order valence-corrected chi connectivity index (χ2v) is 8.57. The molecule has 4 aromatic rings. The molecular weight excluding hydrogens is 398 g/mol. The summed E-state index contributed by atoms with van der Waals surface area (Å²) in [5.74, 6) is 1.36. The van der Waals surface area contributed by atoms with E-state index in [4.69, 9.17) is 11.6 Å². The molecule has 5 rings (SSSR count). The molecule has 0 aliphatic heterocycles. The predicted molar refractivity (Wildman–Crippen MR) is 119 cm³/mol. The zero-order valence-electron chi connectivity index (χ0n) is 16.9. The van der Waals surface area contributed by atoms with E-state index in [1.54, 1.807) is 11.6 Å². The van der Waals surface area contributed by atoms with Gasteiger partial charge in [-0.15, -0.1) is 10.2 Å². The van der Waals surface area contributed by atoms with E-state index < -0.39 is 0 Å². The van der Waals surface area contributed by atoms with Crippen molar-refractivity contribution in [3.63, 3.8) is 0 Å². The summed E-state index contributed by atoms with van der Waals surface area (Å²) < 4.78 is 3.55. The van der Waals surface area contributed by atoms with E-state index in [0.29, 0.717) is 17.7 Å². The number of rotatable bonds is 4. The number of fused-ring (bicyclic) bond motifs is 3. The lowest BCUT2D eigenvalue weighted by Crippen LogP contribution is -2.44. The van der Waals surface area contributed by atoms with E-state index in [-0.39, 0.29) is 11.1 Å². The minimum Gasteiger partial charge on any atom is -0.300 e. The maximum Gasteiger partial charge on any atom is 0.262 e. The van der Waals surface area contributed by atoms with E-state index >= 15 is 0 Å². The summed E-state index contributed by atoms with van der Waals surface area (Å²) in [6.45, 7) is 0.561. The van der Waals surface area contributed by atoms with Crippen LogP contribution >= 0.6 is 11.6 Å². The zero-order valence-corrected chi connectivity index (χ0v) is 17.7. The molecular formula is C23H24ClN5O. The van der Waals surface area contributed by atoms with Crippen molar-refractivity contribution in [3.8, 4) is 0 Å². The Morgan fingerprint density at radius 3 is 2.53 bits per heavy atom. The lowest BCUT2D eigenvalue weighted by molar-refractivity contribution is 0.229. The van der Waals surface area contributed by atoms with Gasteiger partial charge in [-0.25, -0.2) is 0 Å². The molecule has 0 spiro atoms. The highest BCUT2D eigenvalue weighted by atomic mass is 35.5. The Hall–Kier alpha value is -2.70. The van der Waals surface area contributed by atoms with Gasteiger partial charge < -0.3 is 5.32 Å². The molecule has 7 heteroatoms. The first-order chi connectivity index (χ1) is 14.6. The van der Waals surface area contributed by atoms with Crippen LogP contribution in [0.1, 0.15) is 43.5 Å². The minimum atomic E-state index is -0.106. The fourth-order valence-corrected chi connectivity index (χ4v) is 4.87. The summed E-state index contributed by atoms with van der Waals surface area (Å²) in [6.07, 6.45) is 5.79. The molecule has 0 bridgehead atoms. The Bertz CT molecular complexity index is 1270. The van der Waals surface area contributed by atoms with Crippen LogP contribution in [0.4, 0.5) is 0 Å². The number of hydrogen-bond donors (Lipinski definition) is 1. The van der Waals surface area contributed by atoms with Crippen LogP contribution in [0.15, 0.2) is 53.3 Å². The van der Waals surface area contributed by atoms with Crippen molar-refractivity contribution >= 4 is 28.3 Å². The number of aromatic nitrogens is 4. The number of hydrogen-bond acceptors (Lipinski definition) is 4. The van der Waals surface area contributed by atoms with Crippen molar-refractivity contribution in [2.45, 2.75) is 44.2 Å². The SMILES string of the molecule is Cn1c(=O)c2ccccc2n2c(CNC3(c4ccc(Cl)cc4)CCCCC3)nnc12. The summed E-state index contributed by atoms with van der Waals surface area (Å²) in [5.41, 5.74) is 1.93. The lowest BCUT2D eigenvalue weighted by Gasteiger charge is -2.39. The molecule has 0 atom stereocenters. The van der Waals surface area contributed by atoms with Gasteiger partial charge in [0.2, 0.25) is 5.78 Å². The van der Waals surface area contributed by atoms with E-state index in [2.05, 4.69) is 27.6 Å². The molecule has 1 aliphatic rings. The predicted octanol–water partition coefficient (Wildman–Crippen LogP) is 4.18. The average molecular weight is 422 g/mol. The van der Waals surface area contributed by atoms with Crippen LogP contribution in [-0.2, 0) is 19.1 Å². The minimum absolute atomic E-state index is 0.0603. The van der Waals surface area contributed by atoms with Crippen LogP contribution in [0, 0.1) is 0 Å². The Labute approximate surface area is 179 Å². The van der Waals surface area contributed by atoms with Crippen molar-refractivity contribution in [1.29, 1.82) is 0 Å². The van der Waals surface area contributed by atoms with Gasteiger partial charge in [0.25, 0.3) is 5.56 Å². The summed E-state index contributed by atoms with van der Waals surface area (Å²) in [5, 5.41) is 14.0. The molecule has 2 heterocycles. The second kappa shape index (κ2) is 7.52. The molecule has 1 N–H and O–H groups in total. The quantitative estimate of drug-likeness (QED) is 0.536. The molecule has 30 heavy (non-hydrogen) atoms. The third kappa shape index (κ3) is 3.11. The first-order valence-electron chi connectivity index (χ1n) is 10.4. The van der Waals surface area contributed by atoms with Crippen molar-refractivity contribution in [1.82, 2.24) is 24.5 Å². The van der Waals surface area contributed by atoms with Crippen molar-refractivity contribution in [2.75, 3.05) is 0 Å². The molecule has 0 amide bonds. The molecule has 0 unspecified atom stereocenters. The monoisotopic (exact) mass is 421 g/mol. The van der Waals surface area contributed by atoms with Crippen LogP contribution in [0.25, 0.3) is 16.7 Å². The van der Waals surface area contributed by atoms with Gasteiger partial charge in [-0.2, -0.15) is 0 Å².